The molecule has 0 aliphatic carbocycles. The zero-order valence-corrected chi connectivity index (χ0v) is 52.2. The van der Waals surface area contributed by atoms with E-state index in [4.69, 9.17) is 16.0 Å². The highest BCUT2D eigenvalue weighted by Crippen LogP contribution is 2.53. The number of benzene rings is 13. The van der Waals surface area contributed by atoms with Crippen LogP contribution in [0.15, 0.2) is 290 Å². The average Bonchev–Trinajstić information content (AvgIpc) is 1.67. The molecule has 0 saturated heterocycles. The lowest BCUT2D eigenvalue weighted by molar-refractivity contribution is 0.590. The number of hydrogen-bond acceptors (Lipinski definition) is 6. The maximum Gasteiger partial charge on any atom is 0.135 e. The van der Waals surface area contributed by atoms with Crippen LogP contribution >= 0.6 is 22.9 Å². The lowest BCUT2D eigenvalue weighted by atomic mass is 9.87. The fourth-order valence-corrected chi connectivity index (χ4v) is 14.2. The molecular weight excluding hydrogens is 1120 g/mol. The Kier molecular flexibility index (Phi) is 13.9. The van der Waals surface area contributed by atoms with E-state index in [9.17, 15) is 0 Å². The Hall–Kier alpha value is -10.1. The van der Waals surface area contributed by atoms with Gasteiger partial charge in [0.25, 0.3) is 0 Å². The molecule has 0 spiro atoms. The Balaban J connectivity index is 1.00. The summed E-state index contributed by atoms with van der Waals surface area (Å²) in [6, 6.07) is 103. The molecule has 2 heterocycles. The van der Waals surface area contributed by atoms with Crippen LogP contribution in [-0.2, 0) is 10.8 Å². The van der Waals surface area contributed by atoms with Crippen molar-refractivity contribution in [2.24, 2.45) is 0 Å². The van der Waals surface area contributed by atoms with E-state index in [1.54, 1.807) is 0 Å². The number of furan rings is 1. The lowest BCUT2D eigenvalue weighted by Gasteiger charge is -2.35. The van der Waals surface area contributed by atoms with Crippen molar-refractivity contribution < 1.29 is 4.42 Å². The van der Waals surface area contributed by atoms with E-state index in [1.807, 2.05) is 23.5 Å². The highest BCUT2D eigenvalue weighted by atomic mass is 35.5. The van der Waals surface area contributed by atoms with Gasteiger partial charge in [-0.15, -0.1) is 11.3 Å². The van der Waals surface area contributed by atoms with Gasteiger partial charge in [-0.25, -0.2) is 0 Å². The largest absolute Gasteiger partial charge is 0.456 e. The summed E-state index contributed by atoms with van der Waals surface area (Å²) >= 11 is 10.3. The fourth-order valence-electron chi connectivity index (χ4n) is 12.8. The van der Waals surface area contributed by atoms with Gasteiger partial charge in [-0.2, -0.15) is 0 Å². The van der Waals surface area contributed by atoms with Gasteiger partial charge in [-0.1, -0.05) is 205 Å². The highest BCUT2D eigenvalue weighted by Gasteiger charge is 2.29. The van der Waals surface area contributed by atoms with E-state index in [0.717, 1.165) is 90.2 Å². The number of nitrogens with zero attached hydrogens (tertiary/aromatic N) is 4. The first kappa shape index (κ1) is 55.5. The van der Waals surface area contributed by atoms with E-state index in [0.29, 0.717) is 5.02 Å². The van der Waals surface area contributed by atoms with Crippen LogP contribution in [0.1, 0.15) is 52.7 Å². The van der Waals surface area contributed by atoms with Gasteiger partial charge in [0.15, 0.2) is 0 Å². The minimum Gasteiger partial charge on any atom is -0.456 e. The molecule has 0 fully saturated rings. The number of thiophene rings is 1. The molecule has 0 saturated carbocycles. The number of para-hydroxylation sites is 3. The van der Waals surface area contributed by atoms with E-state index >= 15 is 0 Å². The van der Waals surface area contributed by atoms with Crippen molar-refractivity contribution in [1.82, 2.24) is 0 Å². The van der Waals surface area contributed by atoms with Crippen LogP contribution in [0.5, 0.6) is 0 Å². The Bertz CT molecular complexity index is 5100. The molecule has 7 heteroatoms. The normalized spacial score (nSPS) is 12.0. The summed E-state index contributed by atoms with van der Waals surface area (Å²) in [6.45, 7) is 13.6. The van der Waals surface area contributed by atoms with Crippen LogP contribution in [0.2, 0.25) is 5.02 Å². The van der Waals surface area contributed by atoms with Crippen LogP contribution in [0.4, 0.5) is 68.2 Å². The molecule has 13 aromatic carbocycles. The smallest absolute Gasteiger partial charge is 0.135 e. The average molecular weight is 1190 g/mol. The zero-order valence-electron chi connectivity index (χ0n) is 50.6. The Morgan fingerprint density at radius 1 is 0.281 bits per heavy atom. The van der Waals surface area contributed by atoms with E-state index < -0.39 is 0 Å². The molecule has 5 nitrogen and oxygen atoms in total. The van der Waals surface area contributed by atoms with Crippen LogP contribution in [0.3, 0.4) is 0 Å². The maximum atomic E-state index is 8.53. The van der Waals surface area contributed by atoms with Gasteiger partial charge >= 0.3 is 0 Å². The summed E-state index contributed by atoms with van der Waals surface area (Å²) in [5.41, 5.74) is 15.4. The van der Waals surface area contributed by atoms with E-state index in [2.05, 4.69) is 334 Å². The van der Waals surface area contributed by atoms with Crippen molar-refractivity contribution in [3.8, 4) is 0 Å². The third-order valence-corrected chi connectivity index (χ3v) is 18.9. The van der Waals surface area contributed by atoms with Gasteiger partial charge in [0.2, 0.25) is 0 Å². The predicted molar refractivity (Wildman–Crippen MR) is 383 cm³/mol. The third kappa shape index (κ3) is 10.3. The van der Waals surface area contributed by atoms with Gasteiger partial charge in [-0.05, 0) is 177 Å². The second-order valence-corrected chi connectivity index (χ2v) is 26.6. The first-order chi connectivity index (χ1) is 43.3. The van der Waals surface area contributed by atoms with Gasteiger partial charge in [0.05, 0.1) is 22.1 Å². The first-order valence-corrected chi connectivity index (χ1v) is 31.7. The van der Waals surface area contributed by atoms with Crippen LogP contribution in [-0.4, -0.2) is 0 Å². The molecule has 0 atom stereocenters. The maximum absolute atomic E-state index is 8.53. The minimum atomic E-state index is -0.0917. The Morgan fingerprint density at radius 3 is 1.33 bits per heavy atom. The molecule has 0 bridgehead atoms. The van der Waals surface area contributed by atoms with Gasteiger partial charge in [0, 0.05) is 82.1 Å². The second kappa shape index (κ2) is 22.2. The van der Waals surface area contributed by atoms with Crippen molar-refractivity contribution >= 4 is 155 Å². The molecule has 89 heavy (non-hydrogen) atoms. The molecule has 0 radical (unpaired) electrons. The summed E-state index contributed by atoms with van der Waals surface area (Å²) in [5, 5.41) is 9.93. The number of anilines is 12. The summed E-state index contributed by atoms with van der Waals surface area (Å²) in [6.07, 6.45) is 0. The van der Waals surface area contributed by atoms with Crippen LogP contribution in [0, 0.1) is 0 Å². The standard InChI is InChI=1S/C82H65ClN4OS/c1-81(2,3)56-35-40-60(41-36-56)86(63-26-19-25-62(48-63)85(65-45-47-77-73(50-65)69-28-15-17-30-76(69)88-77)64-39-34-55-33-32-54-20-13-14-27-68(54)72(55)49-64)74-51-67(84(58-21-9-7-10-22-58)59-23-11-8-12-24-59)52-75(80(74)83)87(61-42-37-57(38-43-61)82(4,5)6)66-44-46-71-70-29-16-18-31-78(70)89-79(71)53-66/h7-53H,1-6H3. The van der Waals surface area contributed by atoms with E-state index in [-0.39, 0.29) is 10.8 Å². The van der Waals surface area contributed by atoms with Crippen molar-refractivity contribution in [3.63, 3.8) is 0 Å². The van der Waals surface area contributed by atoms with Gasteiger partial charge in [-0.3, -0.25) is 0 Å². The molecule has 15 rings (SSSR count). The van der Waals surface area contributed by atoms with Crippen LogP contribution < -0.4 is 19.6 Å². The second-order valence-electron chi connectivity index (χ2n) is 25.2. The first-order valence-electron chi connectivity index (χ1n) is 30.5. The summed E-state index contributed by atoms with van der Waals surface area (Å²) in [4.78, 5) is 9.44. The molecular formula is C82H65ClN4OS. The fraction of sp³-hybridized carbons (Fsp3) is 0.0976. The molecule has 2 aromatic heterocycles. The molecule has 0 N–H and O–H groups in total. The van der Waals surface area contributed by atoms with E-state index in [1.165, 1.54) is 52.8 Å². The number of fused-ring (bicyclic) bond motifs is 9. The molecule has 15 aromatic rings. The topological polar surface area (TPSA) is 26.1 Å². The van der Waals surface area contributed by atoms with Crippen LogP contribution in [0.25, 0.3) is 63.7 Å². The molecule has 0 aliphatic rings. The highest BCUT2D eigenvalue weighted by molar-refractivity contribution is 7.25. The molecule has 0 unspecified atom stereocenters. The molecule has 0 amide bonds. The van der Waals surface area contributed by atoms with Gasteiger partial charge in [0.1, 0.15) is 11.2 Å². The SMILES string of the molecule is CC(C)(C)c1ccc(N(c2cccc(N(c3ccc4ccc5ccccc5c4c3)c3ccc4oc5ccccc5c4c3)c2)c2cc(N(c3ccccc3)c3ccccc3)cc(N(c3ccc(C(C)(C)C)cc3)c3ccc4c(c3)sc3ccccc34)c2Cl)cc1. The summed E-state index contributed by atoms with van der Waals surface area (Å²) in [5.74, 6) is 0. The Morgan fingerprint density at radius 2 is 0.697 bits per heavy atom. The quantitative estimate of drug-likeness (QED) is 0.114. The molecule has 432 valence electrons. The van der Waals surface area contributed by atoms with Crippen molar-refractivity contribution in [2.45, 2.75) is 52.4 Å². The monoisotopic (exact) mass is 1190 g/mol. The number of rotatable bonds is 12. The zero-order chi connectivity index (χ0) is 60.5. The Labute approximate surface area is 529 Å². The minimum absolute atomic E-state index is 0.0633. The predicted octanol–water partition coefficient (Wildman–Crippen LogP) is 25.4. The molecule has 0 aliphatic heterocycles. The number of hydrogen-bond donors (Lipinski definition) is 0. The van der Waals surface area contributed by atoms with Crippen molar-refractivity contribution in [3.05, 3.63) is 301 Å². The lowest BCUT2D eigenvalue weighted by Crippen LogP contribution is -2.18. The van der Waals surface area contributed by atoms with Gasteiger partial charge < -0.3 is 24.0 Å². The summed E-state index contributed by atoms with van der Waals surface area (Å²) in [7, 11) is 0. The van der Waals surface area contributed by atoms with Crippen molar-refractivity contribution in [1.29, 1.82) is 0 Å². The summed E-state index contributed by atoms with van der Waals surface area (Å²) < 4.78 is 8.92. The number of halogens is 1. The van der Waals surface area contributed by atoms with Crippen molar-refractivity contribution in [2.75, 3.05) is 19.6 Å². The third-order valence-electron chi connectivity index (χ3n) is 17.3.